The predicted molar refractivity (Wildman–Crippen MR) is 84.3 cm³/mol. The zero-order valence-corrected chi connectivity index (χ0v) is 13.4. The van der Waals surface area contributed by atoms with Gasteiger partial charge >= 0.3 is 0 Å². The Morgan fingerprint density at radius 2 is 1.40 bits per heavy atom. The topological polar surface area (TPSA) is 26.0 Å². The van der Waals surface area contributed by atoms with Crippen molar-refractivity contribution in [2.45, 2.75) is 77.6 Å². The molecule has 0 aliphatic heterocycles. The van der Waals surface area contributed by atoms with Crippen molar-refractivity contribution in [3.8, 4) is 0 Å². The molecule has 1 heteroatoms. The van der Waals surface area contributed by atoms with Crippen LogP contribution in [0.3, 0.4) is 0 Å². The molecular weight excluding hydrogens is 242 g/mol. The van der Waals surface area contributed by atoms with Gasteiger partial charge in [-0.05, 0) is 92.4 Å². The van der Waals surface area contributed by atoms with Crippen LogP contribution in [0, 0.1) is 34.5 Å². The predicted octanol–water partition coefficient (Wildman–Crippen LogP) is 4.75. The van der Waals surface area contributed by atoms with Crippen LogP contribution in [-0.4, -0.2) is 6.54 Å². The van der Waals surface area contributed by atoms with Crippen LogP contribution in [0.1, 0.15) is 77.6 Å². The van der Waals surface area contributed by atoms with Gasteiger partial charge in [-0.15, -0.1) is 0 Å². The van der Waals surface area contributed by atoms with E-state index in [-0.39, 0.29) is 0 Å². The van der Waals surface area contributed by atoms with Gasteiger partial charge in [-0.25, -0.2) is 0 Å². The van der Waals surface area contributed by atoms with Gasteiger partial charge in [-0.3, -0.25) is 0 Å². The molecule has 0 aromatic rings. The lowest BCUT2D eigenvalue weighted by Gasteiger charge is -2.62. The minimum absolute atomic E-state index is 0.504. The molecule has 1 unspecified atom stereocenters. The van der Waals surface area contributed by atoms with E-state index in [2.05, 4.69) is 6.92 Å². The second-order valence-corrected chi connectivity index (χ2v) is 9.13. The molecule has 5 saturated carbocycles. The molecule has 5 aliphatic rings. The van der Waals surface area contributed by atoms with E-state index < -0.39 is 0 Å². The molecule has 20 heavy (non-hydrogen) atoms. The van der Waals surface area contributed by atoms with Crippen LogP contribution in [0.25, 0.3) is 0 Å². The summed E-state index contributed by atoms with van der Waals surface area (Å²) in [5.74, 6) is 4.14. The highest BCUT2D eigenvalue weighted by Gasteiger charge is 2.56. The smallest absolute Gasteiger partial charge is 0.00178 e. The largest absolute Gasteiger partial charge is 0.330 e. The first-order valence-corrected chi connectivity index (χ1v) is 9.36. The van der Waals surface area contributed by atoms with Gasteiger partial charge in [0, 0.05) is 0 Å². The van der Waals surface area contributed by atoms with Crippen LogP contribution < -0.4 is 5.73 Å². The Labute approximate surface area is 125 Å². The monoisotopic (exact) mass is 275 g/mol. The van der Waals surface area contributed by atoms with Gasteiger partial charge in [0.2, 0.25) is 0 Å². The number of nitrogens with two attached hydrogens (primary N) is 1. The maximum Gasteiger partial charge on any atom is -0.00178 e. The summed E-state index contributed by atoms with van der Waals surface area (Å²) >= 11 is 0. The molecule has 1 nitrogen and oxygen atoms in total. The van der Waals surface area contributed by atoms with Gasteiger partial charge in [-0.1, -0.05) is 26.2 Å². The summed E-state index contributed by atoms with van der Waals surface area (Å²) in [4.78, 5) is 0. The summed E-state index contributed by atoms with van der Waals surface area (Å²) in [5.41, 5.74) is 7.56. The number of hydrogen-bond donors (Lipinski definition) is 1. The van der Waals surface area contributed by atoms with Crippen molar-refractivity contribution in [3.05, 3.63) is 0 Å². The minimum Gasteiger partial charge on any atom is -0.330 e. The number of hydrogen-bond acceptors (Lipinski definition) is 1. The van der Waals surface area contributed by atoms with Crippen molar-refractivity contribution in [1.29, 1.82) is 0 Å². The van der Waals surface area contributed by atoms with Crippen molar-refractivity contribution in [1.82, 2.24) is 0 Å². The Morgan fingerprint density at radius 3 is 1.85 bits per heavy atom. The minimum atomic E-state index is 0.504. The molecule has 0 spiro atoms. The van der Waals surface area contributed by atoms with Gasteiger partial charge in [0.1, 0.15) is 0 Å². The summed E-state index contributed by atoms with van der Waals surface area (Å²) < 4.78 is 0. The first kappa shape index (κ1) is 13.6. The quantitative estimate of drug-likeness (QED) is 0.790. The highest BCUT2D eigenvalue weighted by atomic mass is 14.7. The molecule has 4 bridgehead atoms. The summed E-state index contributed by atoms with van der Waals surface area (Å²) in [5, 5.41) is 0. The second-order valence-electron chi connectivity index (χ2n) is 9.13. The molecule has 0 radical (unpaired) electrons. The highest BCUT2D eigenvalue weighted by molar-refractivity contribution is 5.07. The molecule has 5 fully saturated rings. The summed E-state index contributed by atoms with van der Waals surface area (Å²) in [6.07, 6.45) is 16.6. The third-order valence-corrected chi connectivity index (χ3v) is 8.18. The zero-order chi connectivity index (χ0) is 13.8. The normalized spacial score (nSPS) is 47.4. The fourth-order valence-corrected chi connectivity index (χ4v) is 7.43. The molecular formula is C19H33N. The third-order valence-electron chi connectivity index (χ3n) is 8.18. The van der Waals surface area contributed by atoms with Crippen molar-refractivity contribution >= 4 is 0 Å². The van der Waals surface area contributed by atoms with Crippen molar-refractivity contribution in [3.63, 3.8) is 0 Å². The molecule has 2 N–H and O–H groups in total. The average Bonchev–Trinajstić information content (AvgIpc) is 2.46. The molecule has 1 atom stereocenters. The number of rotatable bonds is 3. The van der Waals surface area contributed by atoms with E-state index in [4.69, 9.17) is 5.73 Å². The maximum atomic E-state index is 6.36. The second kappa shape index (κ2) is 4.73. The van der Waals surface area contributed by atoms with Crippen LogP contribution >= 0.6 is 0 Å². The highest BCUT2D eigenvalue weighted by Crippen LogP contribution is 2.66. The first-order valence-electron chi connectivity index (χ1n) is 9.36. The summed E-state index contributed by atoms with van der Waals surface area (Å²) in [6, 6.07) is 0. The zero-order valence-electron chi connectivity index (χ0n) is 13.4. The molecule has 5 rings (SSSR count). The lowest BCUT2D eigenvalue weighted by molar-refractivity contribution is -0.122. The maximum absolute atomic E-state index is 6.36. The lowest BCUT2D eigenvalue weighted by Crippen LogP contribution is -2.54. The molecule has 0 saturated heterocycles. The third kappa shape index (κ3) is 1.91. The molecule has 0 amide bonds. The van der Waals surface area contributed by atoms with E-state index in [1.54, 1.807) is 38.5 Å². The van der Waals surface area contributed by atoms with Crippen molar-refractivity contribution in [2.24, 2.45) is 40.2 Å². The molecule has 0 aromatic heterocycles. The van der Waals surface area contributed by atoms with E-state index >= 15 is 0 Å². The van der Waals surface area contributed by atoms with E-state index in [0.29, 0.717) is 10.8 Å². The Hall–Kier alpha value is -0.0400. The van der Waals surface area contributed by atoms with Crippen LogP contribution in [0.15, 0.2) is 0 Å². The van der Waals surface area contributed by atoms with Crippen molar-refractivity contribution < 1.29 is 0 Å². The van der Waals surface area contributed by atoms with E-state index in [1.807, 2.05) is 0 Å². The van der Waals surface area contributed by atoms with Gasteiger partial charge in [0.15, 0.2) is 0 Å². The Balaban J connectivity index is 1.62. The molecule has 0 heterocycles. The van der Waals surface area contributed by atoms with Gasteiger partial charge in [0.25, 0.3) is 0 Å². The van der Waals surface area contributed by atoms with Crippen LogP contribution in [0.4, 0.5) is 0 Å². The molecule has 114 valence electrons. The fourth-order valence-electron chi connectivity index (χ4n) is 7.43. The van der Waals surface area contributed by atoms with Gasteiger partial charge in [-0.2, -0.15) is 0 Å². The van der Waals surface area contributed by atoms with Crippen LogP contribution in [-0.2, 0) is 0 Å². The summed E-state index contributed by atoms with van der Waals surface area (Å²) in [7, 11) is 0. The van der Waals surface area contributed by atoms with Gasteiger partial charge in [0.05, 0.1) is 0 Å². The van der Waals surface area contributed by atoms with E-state index in [1.165, 1.54) is 32.1 Å². The Morgan fingerprint density at radius 1 is 0.900 bits per heavy atom. The van der Waals surface area contributed by atoms with E-state index in [9.17, 15) is 0 Å². The molecule has 0 aromatic carbocycles. The Kier molecular flexibility index (Phi) is 3.22. The SMILES string of the molecule is CC(C1(CN)CCCCC1)C12CC3CC(CC(C3)C1)C2. The Bertz CT molecular complexity index is 331. The first-order chi connectivity index (χ1) is 9.66. The standard InChI is InChI=1S/C19H33N/c1-14(18(13-20)5-3-2-4-6-18)19-10-15-7-16(11-19)9-17(8-15)12-19/h14-17H,2-13,20H2,1H3. The summed E-state index contributed by atoms with van der Waals surface area (Å²) in [6.45, 7) is 3.57. The lowest BCUT2D eigenvalue weighted by atomic mass is 9.43. The average molecular weight is 275 g/mol. The molecule has 5 aliphatic carbocycles. The van der Waals surface area contributed by atoms with E-state index in [0.717, 1.165) is 30.2 Å². The fraction of sp³-hybridized carbons (Fsp3) is 1.00. The van der Waals surface area contributed by atoms with Crippen molar-refractivity contribution in [2.75, 3.05) is 6.54 Å². The van der Waals surface area contributed by atoms with Crippen LogP contribution in [0.2, 0.25) is 0 Å². The van der Waals surface area contributed by atoms with Gasteiger partial charge < -0.3 is 5.73 Å². The van der Waals surface area contributed by atoms with Crippen LogP contribution in [0.5, 0.6) is 0 Å².